The minimum Gasteiger partial charge on any atom is -0.290 e. The molecule has 0 aliphatic heterocycles. The number of carbonyl (C=O) groups excluding carboxylic acids is 2. The largest absolute Gasteiger partial charge is 0.389 e. The maximum absolute atomic E-state index is 11.9. The lowest BCUT2D eigenvalue weighted by Crippen LogP contribution is -2.10. The lowest BCUT2D eigenvalue weighted by molar-refractivity contribution is -0.135. The molecular weight excluding hydrogens is 317 g/mol. The van der Waals surface area contributed by atoms with Crippen LogP contribution in [-0.2, 0) is 9.59 Å². The third-order valence-corrected chi connectivity index (χ3v) is 3.82. The molecule has 6 heteroatoms. The summed E-state index contributed by atoms with van der Waals surface area (Å²) in [7, 11) is 0. The molecule has 0 unspecified atom stereocenters. The highest BCUT2D eigenvalue weighted by Gasteiger charge is 2.25. The van der Waals surface area contributed by atoms with Crippen molar-refractivity contribution in [2.75, 3.05) is 0 Å². The molecule has 1 aliphatic carbocycles. The summed E-state index contributed by atoms with van der Waals surface area (Å²) < 4.78 is 35.8. The van der Waals surface area contributed by atoms with E-state index in [9.17, 15) is 22.8 Å². The molecule has 0 saturated heterocycles. The van der Waals surface area contributed by atoms with Crippen LogP contribution >= 0.6 is 11.6 Å². The van der Waals surface area contributed by atoms with E-state index in [0.29, 0.717) is 18.4 Å². The van der Waals surface area contributed by atoms with E-state index in [1.165, 1.54) is 6.08 Å². The van der Waals surface area contributed by atoms with Crippen molar-refractivity contribution in [1.29, 1.82) is 0 Å². The van der Waals surface area contributed by atoms with E-state index < -0.39 is 12.6 Å². The van der Waals surface area contributed by atoms with Crippen molar-refractivity contribution >= 4 is 23.2 Å². The molecule has 0 fully saturated rings. The average molecular weight is 337 g/mol. The van der Waals surface area contributed by atoms with Crippen molar-refractivity contribution in [3.05, 3.63) is 22.8 Å². The molecule has 1 aliphatic rings. The maximum atomic E-state index is 11.9. The van der Waals surface area contributed by atoms with Gasteiger partial charge in [-0.3, -0.25) is 9.59 Å². The molecule has 22 heavy (non-hydrogen) atoms. The zero-order chi connectivity index (χ0) is 16.6. The predicted molar refractivity (Wildman–Crippen MR) is 79.6 cm³/mol. The van der Waals surface area contributed by atoms with E-state index in [-0.39, 0.29) is 23.0 Å². The van der Waals surface area contributed by atoms with Crippen molar-refractivity contribution in [3.63, 3.8) is 0 Å². The van der Waals surface area contributed by atoms with Gasteiger partial charge in [0, 0.05) is 18.1 Å². The van der Waals surface area contributed by atoms with E-state index in [1.54, 1.807) is 0 Å². The van der Waals surface area contributed by atoms with Gasteiger partial charge in [-0.15, -0.1) is 0 Å². The Hall–Kier alpha value is -1.10. The normalized spacial score (nSPS) is 15.8. The van der Waals surface area contributed by atoms with Gasteiger partial charge in [-0.1, -0.05) is 43.7 Å². The first-order valence-corrected chi connectivity index (χ1v) is 7.90. The second kappa shape index (κ2) is 9.13. The van der Waals surface area contributed by atoms with Crippen molar-refractivity contribution in [1.82, 2.24) is 0 Å². The van der Waals surface area contributed by atoms with Gasteiger partial charge >= 0.3 is 6.18 Å². The number of carbonyl (C=O) groups is 2. The number of hydrogen-bond donors (Lipinski definition) is 0. The zero-order valence-electron chi connectivity index (χ0n) is 12.3. The fraction of sp³-hybridized carbons (Fsp3) is 0.625. The van der Waals surface area contributed by atoms with Crippen LogP contribution in [0.25, 0.3) is 0 Å². The van der Waals surface area contributed by atoms with E-state index in [0.717, 1.165) is 38.2 Å². The highest BCUT2D eigenvalue weighted by atomic mass is 35.5. The van der Waals surface area contributed by atoms with Crippen LogP contribution in [0, 0.1) is 0 Å². The molecule has 0 aromatic carbocycles. The molecular formula is C16H20ClF3O2. The molecule has 2 nitrogen and oxygen atoms in total. The molecule has 0 amide bonds. The number of alkyl halides is 3. The van der Waals surface area contributed by atoms with Crippen LogP contribution in [0.15, 0.2) is 22.8 Å². The lowest BCUT2D eigenvalue weighted by Gasteiger charge is -2.08. The summed E-state index contributed by atoms with van der Waals surface area (Å²) in [4.78, 5) is 22.9. The minimum absolute atomic E-state index is 0.0485. The summed E-state index contributed by atoms with van der Waals surface area (Å²) >= 11 is 5.58. The first kappa shape index (κ1) is 18.9. The standard InChI is InChI=1S/C16H20ClF3O2/c17-13-11-14(21)12(10-15(13)22)8-6-4-2-1-3-5-7-9-16(18,19)20/h10-11H,1-9H2. The van der Waals surface area contributed by atoms with Crippen LogP contribution in [0.2, 0.25) is 0 Å². The van der Waals surface area contributed by atoms with Crippen LogP contribution in [0.5, 0.6) is 0 Å². The third-order valence-electron chi connectivity index (χ3n) is 3.52. The predicted octanol–water partition coefficient (Wildman–Crippen LogP) is 5.26. The summed E-state index contributed by atoms with van der Waals surface area (Å²) in [6, 6.07) is 0. The lowest BCUT2D eigenvalue weighted by atomic mass is 9.97. The van der Waals surface area contributed by atoms with Crippen LogP contribution in [-0.4, -0.2) is 17.7 Å². The highest BCUT2D eigenvalue weighted by molar-refractivity contribution is 6.47. The fourth-order valence-corrected chi connectivity index (χ4v) is 2.45. The summed E-state index contributed by atoms with van der Waals surface area (Å²) in [5.41, 5.74) is 0.486. The Labute approximate surface area is 133 Å². The Kier molecular flexibility index (Phi) is 7.87. The molecule has 0 saturated carbocycles. The number of halogens is 4. The first-order chi connectivity index (χ1) is 10.3. The monoisotopic (exact) mass is 336 g/mol. The summed E-state index contributed by atoms with van der Waals surface area (Å²) in [6.07, 6.45) is 3.35. The molecule has 0 atom stereocenters. The molecule has 1 rings (SSSR count). The average Bonchev–Trinajstić information content (AvgIpc) is 2.41. The van der Waals surface area contributed by atoms with Gasteiger partial charge in [0.15, 0.2) is 11.6 Å². The van der Waals surface area contributed by atoms with Gasteiger partial charge in [-0.05, 0) is 25.3 Å². The van der Waals surface area contributed by atoms with Crippen molar-refractivity contribution in [3.8, 4) is 0 Å². The number of unbranched alkanes of at least 4 members (excludes halogenated alkanes) is 6. The fourth-order valence-electron chi connectivity index (χ4n) is 2.30. The second-order valence-electron chi connectivity index (χ2n) is 5.48. The Bertz CT molecular complexity index is 465. The van der Waals surface area contributed by atoms with Gasteiger partial charge in [-0.2, -0.15) is 13.2 Å². The van der Waals surface area contributed by atoms with Crippen LogP contribution in [0.1, 0.15) is 57.8 Å². The van der Waals surface area contributed by atoms with E-state index in [1.807, 2.05) is 0 Å². The number of hydrogen-bond acceptors (Lipinski definition) is 2. The summed E-state index contributed by atoms with van der Waals surface area (Å²) in [6.45, 7) is 0. The van der Waals surface area contributed by atoms with Gasteiger partial charge in [0.05, 0.1) is 5.03 Å². The molecule has 0 aromatic heterocycles. The Morgan fingerprint density at radius 2 is 1.36 bits per heavy atom. The molecule has 0 radical (unpaired) electrons. The summed E-state index contributed by atoms with van der Waals surface area (Å²) in [5.74, 6) is -0.544. The van der Waals surface area contributed by atoms with Gasteiger partial charge in [0.25, 0.3) is 0 Å². The Balaban J connectivity index is 2.04. The van der Waals surface area contributed by atoms with Crippen LogP contribution < -0.4 is 0 Å². The van der Waals surface area contributed by atoms with Crippen molar-refractivity contribution in [2.45, 2.75) is 64.0 Å². The van der Waals surface area contributed by atoms with Crippen molar-refractivity contribution in [2.24, 2.45) is 0 Å². The van der Waals surface area contributed by atoms with Crippen LogP contribution in [0.3, 0.4) is 0 Å². The molecule has 0 spiro atoms. The van der Waals surface area contributed by atoms with E-state index in [4.69, 9.17) is 11.6 Å². The smallest absolute Gasteiger partial charge is 0.290 e. The van der Waals surface area contributed by atoms with Gasteiger partial charge in [0.1, 0.15) is 0 Å². The number of rotatable bonds is 9. The van der Waals surface area contributed by atoms with Gasteiger partial charge in [-0.25, -0.2) is 0 Å². The quantitative estimate of drug-likeness (QED) is 0.425. The molecule has 0 aromatic rings. The van der Waals surface area contributed by atoms with Gasteiger partial charge in [0.2, 0.25) is 0 Å². The number of ketones is 2. The second-order valence-corrected chi connectivity index (χ2v) is 5.89. The number of allylic oxidation sites excluding steroid dienone is 4. The SMILES string of the molecule is O=C1C=C(CCCCCCCCCC(F)(F)F)C(=O)C=C1Cl. The maximum Gasteiger partial charge on any atom is 0.389 e. The highest BCUT2D eigenvalue weighted by Crippen LogP contribution is 2.23. The summed E-state index contributed by atoms with van der Waals surface area (Å²) in [5, 5.41) is -0.0485. The molecule has 0 N–H and O–H groups in total. The van der Waals surface area contributed by atoms with E-state index >= 15 is 0 Å². The van der Waals surface area contributed by atoms with E-state index in [2.05, 4.69) is 0 Å². The third kappa shape index (κ3) is 7.78. The Morgan fingerprint density at radius 1 is 0.818 bits per heavy atom. The molecule has 0 bridgehead atoms. The van der Waals surface area contributed by atoms with Crippen LogP contribution in [0.4, 0.5) is 13.2 Å². The van der Waals surface area contributed by atoms with Crippen molar-refractivity contribution < 1.29 is 22.8 Å². The molecule has 0 heterocycles. The minimum atomic E-state index is -4.05. The first-order valence-electron chi connectivity index (χ1n) is 7.53. The zero-order valence-corrected chi connectivity index (χ0v) is 13.1. The van der Waals surface area contributed by atoms with Gasteiger partial charge < -0.3 is 0 Å². The molecule has 124 valence electrons. The topological polar surface area (TPSA) is 34.1 Å². The Morgan fingerprint density at radius 3 is 1.95 bits per heavy atom.